The van der Waals surface area contributed by atoms with E-state index in [1.54, 1.807) is 0 Å². The van der Waals surface area contributed by atoms with Crippen LogP contribution >= 0.6 is 0 Å². The van der Waals surface area contributed by atoms with E-state index < -0.39 is 0 Å². The molecule has 0 radical (unpaired) electrons. The maximum atomic E-state index is 6.21. The van der Waals surface area contributed by atoms with Gasteiger partial charge in [-0.25, -0.2) is 0 Å². The molecule has 0 aromatic rings. The average molecular weight is 239 g/mol. The van der Waals surface area contributed by atoms with Gasteiger partial charge in [-0.05, 0) is 44.6 Å². The molecule has 2 saturated carbocycles. The van der Waals surface area contributed by atoms with E-state index in [1.807, 2.05) is 0 Å². The maximum absolute atomic E-state index is 6.21. The Labute approximate surface area is 107 Å². The third kappa shape index (κ3) is 4.26. The zero-order valence-electron chi connectivity index (χ0n) is 11.4. The summed E-state index contributed by atoms with van der Waals surface area (Å²) in [5.41, 5.74) is 0. The molecule has 2 unspecified atom stereocenters. The van der Waals surface area contributed by atoms with Crippen molar-refractivity contribution in [2.75, 3.05) is 13.2 Å². The van der Waals surface area contributed by atoms with E-state index in [-0.39, 0.29) is 0 Å². The summed E-state index contributed by atoms with van der Waals surface area (Å²) in [4.78, 5) is 0. The first-order chi connectivity index (χ1) is 8.40. The van der Waals surface area contributed by atoms with Gasteiger partial charge in [0.25, 0.3) is 0 Å². The van der Waals surface area contributed by atoms with Crippen LogP contribution in [-0.4, -0.2) is 25.3 Å². The fraction of sp³-hybridized carbons (Fsp3) is 1.00. The molecule has 2 heteroatoms. The van der Waals surface area contributed by atoms with Crippen molar-refractivity contribution in [2.24, 2.45) is 5.92 Å². The van der Waals surface area contributed by atoms with Crippen molar-refractivity contribution in [3.05, 3.63) is 0 Å². The number of nitrogens with one attached hydrogen (secondary N) is 1. The molecule has 0 aromatic heterocycles. The zero-order chi connectivity index (χ0) is 11.9. The normalized spacial score (nSPS) is 30.9. The lowest BCUT2D eigenvalue weighted by Crippen LogP contribution is -2.44. The Bertz CT molecular complexity index is 201. The first-order valence-electron chi connectivity index (χ1n) is 7.75. The average Bonchev–Trinajstić information content (AvgIpc) is 2.88. The maximum Gasteiger partial charge on any atom is 0.0728 e. The molecule has 2 atom stereocenters. The van der Waals surface area contributed by atoms with Gasteiger partial charge < -0.3 is 10.1 Å². The highest BCUT2D eigenvalue weighted by molar-refractivity contribution is 4.82. The van der Waals surface area contributed by atoms with Crippen LogP contribution in [-0.2, 0) is 4.74 Å². The van der Waals surface area contributed by atoms with Crippen molar-refractivity contribution in [1.82, 2.24) is 5.32 Å². The quantitative estimate of drug-likeness (QED) is 0.766. The summed E-state index contributed by atoms with van der Waals surface area (Å²) in [5.74, 6) is 0.865. The Morgan fingerprint density at radius 1 is 1.00 bits per heavy atom. The topological polar surface area (TPSA) is 21.3 Å². The standard InChI is InChI=1S/C15H29NO/c1-2-11-16-14-9-5-6-10-15(14)17-12-13-7-3-4-8-13/h13-16H,2-12H2,1H3. The molecular weight excluding hydrogens is 210 g/mol. The van der Waals surface area contributed by atoms with Crippen LogP contribution in [0.2, 0.25) is 0 Å². The minimum atomic E-state index is 0.496. The van der Waals surface area contributed by atoms with Gasteiger partial charge in [-0.1, -0.05) is 32.6 Å². The van der Waals surface area contributed by atoms with Crippen molar-refractivity contribution >= 4 is 0 Å². The van der Waals surface area contributed by atoms with E-state index in [1.165, 1.54) is 57.8 Å². The molecule has 0 amide bonds. The Morgan fingerprint density at radius 3 is 2.47 bits per heavy atom. The largest absolute Gasteiger partial charge is 0.376 e. The fourth-order valence-corrected chi connectivity index (χ4v) is 3.30. The highest BCUT2D eigenvalue weighted by Gasteiger charge is 2.26. The summed E-state index contributed by atoms with van der Waals surface area (Å²) in [7, 11) is 0. The Hall–Kier alpha value is -0.0800. The summed E-state index contributed by atoms with van der Waals surface area (Å²) in [6, 6.07) is 0.630. The molecule has 2 fully saturated rings. The Kier molecular flexibility index (Phi) is 5.79. The number of rotatable bonds is 6. The van der Waals surface area contributed by atoms with Gasteiger partial charge >= 0.3 is 0 Å². The molecule has 2 aliphatic rings. The molecule has 0 bridgehead atoms. The number of hydrogen-bond acceptors (Lipinski definition) is 2. The van der Waals surface area contributed by atoms with Gasteiger partial charge in [0.1, 0.15) is 0 Å². The lowest BCUT2D eigenvalue weighted by molar-refractivity contribution is -0.0114. The van der Waals surface area contributed by atoms with Crippen LogP contribution in [0.25, 0.3) is 0 Å². The van der Waals surface area contributed by atoms with E-state index in [2.05, 4.69) is 12.2 Å². The van der Waals surface area contributed by atoms with Crippen LogP contribution in [0.4, 0.5) is 0 Å². The summed E-state index contributed by atoms with van der Waals surface area (Å²) >= 11 is 0. The molecule has 1 N–H and O–H groups in total. The molecule has 2 rings (SSSR count). The lowest BCUT2D eigenvalue weighted by atomic mass is 9.92. The lowest BCUT2D eigenvalue weighted by Gasteiger charge is -2.33. The minimum Gasteiger partial charge on any atom is -0.376 e. The van der Waals surface area contributed by atoms with Crippen molar-refractivity contribution in [1.29, 1.82) is 0 Å². The van der Waals surface area contributed by atoms with Gasteiger partial charge in [0, 0.05) is 12.6 Å². The van der Waals surface area contributed by atoms with Gasteiger partial charge in [0.15, 0.2) is 0 Å². The highest BCUT2D eigenvalue weighted by atomic mass is 16.5. The molecular formula is C15H29NO. The predicted octanol–water partition coefficient (Wildman–Crippen LogP) is 3.50. The van der Waals surface area contributed by atoms with Crippen LogP contribution in [0.3, 0.4) is 0 Å². The van der Waals surface area contributed by atoms with Gasteiger partial charge in [-0.15, -0.1) is 0 Å². The second-order valence-corrected chi connectivity index (χ2v) is 5.87. The molecule has 0 heterocycles. The van der Waals surface area contributed by atoms with Crippen LogP contribution < -0.4 is 5.32 Å². The van der Waals surface area contributed by atoms with Gasteiger partial charge in [0.05, 0.1) is 6.10 Å². The molecule has 100 valence electrons. The first kappa shape index (κ1) is 13.4. The van der Waals surface area contributed by atoms with Gasteiger partial charge in [-0.2, -0.15) is 0 Å². The predicted molar refractivity (Wildman–Crippen MR) is 72.2 cm³/mol. The van der Waals surface area contributed by atoms with Crippen LogP contribution in [0.15, 0.2) is 0 Å². The van der Waals surface area contributed by atoms with Crippen LogP contribution in [0, 0.1) is 5.92 Å². The molecule has 17 heavy (non-hydrogen) atoms. The number of ether oxygens (including phenoxy) is 1. The number of hydrogen-bond donors (Lipinski definition) is 1. The second-order valence-electron chi connectivity index (χ2n) is 5.87. The Balaban J connectivity index is 1.71. The molecule has 0 spiro atoms. The van der Waals surface area contributed by atoms with Gasteiger partial charge in [-0.3, -0.25) is 0 Å². The monoisotopic (exact) mass is 239 g/mol. The van der Waals surface area contributed by atoms with E-state index >= 15 is 0 Å². The zero-order valence-corrected chi connectivity index (χ0v) is 11.4. The summed E-state index contributed by atoms with van der Waals surface area (Å²) in [5, 5.41) is 3.67. The first-order valence-corrected chi connectivity index (χ1v) is 7.75. The second kappa shape index (κ2) is 7.38. The van der Waals surface area contributed by atoms with Crippen LogP contribution in [0.5, 0.6) is 0 Å². The molecule has 2 aliphatic carbocycles. The minimum absolute atomic E-state index is 0.496. The third-order valence-corrected chi connectivity index (χ3v) is 4.38. The van der Waals surface area contributed by atoms with E-state index in [9.17, 15) is 0 Å². The third-order valence-electron chi connectivity index (χ3n) is 4.38. The smallest absolute Gasteiger partial charge is 0.0728 e. The molecule has 0 aliphatic heterocycles. The molecule has 2 nitrogen and oxygen atoms in total. The highest BCUT2D eigenvalue weighted by Crippen LogP contribution is 2.27. The van der Waals surface area contributed by atoms with E-state index in [0.717, 1.165) is 19.1 Å². The van der Waals surface area contributed by atoms with Crippen molar-refractivity contribution in [3.8, 4) is 0 Å². The summed E-state index contributed by atoms with van der Waals surface area (Å²) in [6.45, 7) is 4.41. The molecule has 0 aromatic carbocycles. The van der Waals surface area contributed by atoms with Crippen LogP contribution in [0.1, 0.15) is 64.7 Å². The van der Waals surface area contributed by atoms with E-state index in [4.69, 9.17) is 4.74 Å². The summed E-state index contributed by atoms with van der Waals surface area (Å²) in [6.07, 6.45) is 12.7. The Morgan fingerprint density at radius 2 is 1.71 bits per heavy atom. The SMILES string of the molecule is CCCNC1CCCCC1OCC1CCCC1. The molecule has 0 saturated heterocycles. The van der Waals surface area contributed by atoms with Crippen molar-refractivity contribution in [3.63, 3.8) is 0 Å². The van der Waals surface area contributed by atoms with Crippen molar-refractivity contribution < 1.29 is 4.74 Å². The fourth-order valence-electron chi connectivity index (χ4n) is 3.30. The van der Waals surface area contributed by atoms with E-state index in [0.29, 0.717) is 12.1 Å². The summed E-state index contributed by atoms with van der Waals surface area (Å²) < 4.78 is 6.21. The van der Waals surface area contributed by atoms with Gasteiger partial charge in [0.2, 0.25) is 0 Å². The van der Waals surface area contributed by atoms with Crippen molar-refractivity contribution in [2.45, 2.75) is 76.9 Å².